The van der Waals surface area contributed by atoms with Crippen molar-refractivity contribution in [3.63, 3.8) is 0 Å². The van der Waals surface area contributed by atoms with E-state index in [-0.39, 0.29) is 10.8 Å². The molecular weight excluding hydrogens is 404 g/mol. The second-order valence-electron chi connectivity index (χ2n) is 6.26. The van der Waals surface area contributed by atoms with Gasteiger partial charge in [-0.15, -0.1) is 0 Å². The highest BCUT2D eigenvalue weighted by molar-refractivity contribution is 7.09. The molecule has 3 rings (SSSR count). The fourth-order valence-corrected chi connectivity index (χ4v) is 3.40. The summed E-state index contributed by atoms with van der Waals surface area (Å²) in [6, 6.07) is 15.3. The second-order valence-corrected chi connectivity index (χ2v) is 7.32. The highest BCUT2D eigenvalue weighted by Gasteiger charge is 2.07. The number of ether oxygens (including phenoxy) is 2. The molecule has 7 nitrogen and oxygen atoms in total. The van der Waals surface area contributed by atoms with Gasteiger partial charge < -0.3 is 14.6 Å². The van der Waals surface area contributed by atoms with E-state index in [0.29, 0.717) is 31.1 Å². The SMILES string of the molecule is CCOc1ccc(C=CNOCCOc2ccc(Cc3sc(=O)[nH]c3O)cc2)cc1. The van der Waals surface area contributed by atoms with Crippen LogP contribution in [0.3, 0.4) is 0 Å². The molecule has 0 aliphatic carbocycles. The standard InChI is InChI=1S/C22H24N2O5S/c1-2-27-18-7-3-16(4-8-18)11-12-23-29-14-13-28-19-9-5-17(6-10-19)15-20-21(25)24-22(26)30-20/h3-12,23,25H,2,13-15H2,1H3,(H,24,26). The number of aromatic nitrogens is 1. The second kappa shape index (κ2) is 11.1. The van der Waals surface area contributed by atoms with Crippen molar-refractivity contribution in [1.29, 1.82) is 0 Å². The summed E-state index contributed by atoms with van der Waals surface area (Å²) in [7, 11) is 0. The van der Waals surface area contributed by atoms with Gasteiger partial charge in [0.25, 0.3) is 0 Å². The Kier molecular flexibility index (Phi) is 7.94. The van der Waals surface area contributed by atoms with E-state index >= 15 is 0 Å². The largest absolute Gasteiger partial charge is 0.494 e. The number of H-pyrrole nitrogens is 1. The molecule has 0 saturated heterocycles. The summed E-state index contributed by atoms with van der Waals surface area (Å²) in [5.41, 5.74) is 4.77. The van der Waals surface area contributed by atoms with Crippen molar-refractivity contribution in [2.24, 2.45) is 0 Å². The van der Waals surface area contributed by atoms with Crippen LogP contribution in [0.5, 0.6) is 17.4 Å². The molecule has 0 atom stereocenters. The molecule has 0 saturated carbocycles. The fraction of sp³-hybridized carbons (Fsp3) is 0.227. The highest BCUT2D eigenvalue weighted by atomic mass is 32.1. The van der Waals surface area contributed by atoms with Gasteiger partial charge in [-0.25, -0.2) is 0 Å². The smallest absolute Gasteiger partial charge is 0.307 e. The molecule has 0 fully saturated rings. The van der Waals surface area contributed by atoms with Crippen LogP contribution < -0.4 is 19.8 Å². The molecule has 3 aromatic rings. The Morgan fingerprint density at radius 3 is 2.40 bits per heavy atom. The normalized spacial score (nSPS) is 11.0. The predicted molar refractivity (Wildman–Crippen MR) is 117 cm³/mol. The summed E-state index contributed by atoms with van der Waals surface area (Å²) in [4.78, 5) is 19.3. The zero-order valence-electron chi connectivity index (χ0n) is 16.6. The van der Waals surface area contributed by atoms with E-state index in [0.717, 1.165) is 34.0 Å². The van der Waals surface area contributed by atoms with Gasteiger partial charge >= 0.3 is 4.87 Å². The summed E-state index contributed by atoms with van der Waals surface area (Å²) >= 11 is 1.01. The average Bonchev–Trinajstić information content (AvgIpc) is 3.06. The molecule has 0 unspecified atom stereocenters. The Morgan fingerprint density at radius 2 is 1.73 bits per heavy atom. The number of aromatic hydroxyl groups is 1. The van der Waals surface area contributed by atoms with E-state index in [4.69, 9.17) is 14.3 Å². The van der Waals surface area contributed by atoms with Crippen LogP contribution in [0.2, 0.25) is 0 Å². The van der Waals surface area contributed by atoms with E-state index in [1.54, 1.807) is 6.20 Å². The molecule has 2 aromatic carbocycles. The first-order valence-corrected chi connectivity index (χ1v) is 10.3. The van der Waals surface area contributed by atoms with Gasteiger partial charge in [0.15, 0.2) is 0 Å². The molecule has 0 spiro atoms. The molecule has 3 N–H and O–H groups in total. The van der Waals surface area contributed by atoms with Crippen LogP contribution >= 0.6 is 11.3 Å². The molecule has 0 amide bonds. The van der Waals surface area contributed by atoms with Crippen LogP contribution in [0, 0.1) is 0 Å². The van der Waals surface area contributed by atoms with Crippen LogP contribution in [0.4, 0.5) is 0 Å². The van der Waals surface area contributed by atoms with Crippen molar-refractivity contribution in [3.05, 3.63) is 80.4 Å². The van der Waals surface area contributed by atoms with E-state index in [1.807, 2.05) is 61.5 Å². The van der Waals surface area contributed by atoms with Gasteiger partial charge in [0.05, 0.1) is 11.5 Å². The number of benzene rings is 2. The van der Waals surface area contributed by atoms with Gasteiger partial charge in [0, 0.05) is 12.6 Å². The lowest BCUT2D eigenvalue weighted by Gasteiger charge is -2.07. The third-order valence-electron chi connectivity index (χ3n) is 4.06. The van der Waals surface area contributed by atoms with E-state index in [9.17, 15) is 9.90 Å². The molecular formula is C22H24N2O5S. The van der Waals surface area contributed by atoms with Crippen LogP contribution in [-0.4, -0.2) is 29.9 Å². The highest BCUT2D eigenvalue weighted by Crippen LogP contribution is 2.21. The minimum Gasteiger partial charge on any atom is -0.494 e. The van der Waals surface area contributed by atoms with Crippen LogP contribution in [0.15, 0.2) is 59.5 Å². The van der Waals surface area contributed by atoms with E-state index < -0.39 is 0 Å². The minimum absolute atomic E-state index is 0.0634. The van der Waals surface area contributed by atoms with Crippen molar-refractivity contribution in [1.82, 2.24) is 10.5 Å². The minimum atomic E-state index is -0.259. The maximum absolute atomic E-state index is 11.2. The van der Waals surface area contributed by atoms with Gasteiger partial charge in [-0.05, 0) is 48.4 Å². The maximum Gasteiger partial charge on any atom is 0.307 e. The first kappa shape index (κ1) is 21.5. The van der Waals surface area contributed by atoms with Gasteiger partial charge in [0.1, 0.15) is 24.7 Å². The first-order chi connectivity index (χ1) is 14.6. The van der Waals surface area contributed by atoms with Crippen molar-refractivity contribution in [3.8, 4) is 17.4 Å². The Morgan fingerprint density at radius 1 is 1.03 bits per heavy atom. The molecule has 8 heteroatoms. The quantitative estimate of drug-likeness (QED) is 0.319. The molecule has 0 aliphatic heterocycles. The maximum atomic E-state index is 11.2. The lowest BCUT2D eigenvalue weighted by Crippen LogP contribution is -2.13. The number of hydrogen-bond donors (Lipinski definition) is 3. The van der Waals surface area contributed by atoms with Crippen molar-refractivity contribution >= 4 is 17.4 Å². The lowest BCUT2D eigenvalue weighted by molar-refractivity contribution is 0.0484. The molecule has 0 radical (unpaired) electrons. The summed E-state index contributed by atoms with van der Waals surface area (Å²) in [5, 5.41) is 9.65. The van der Waals surface area contributed by atoms with Crippen molar-refractivity contribution < 1.29 is 19.4 Å². The Balaban J connectivity index is 1.33. The van der Waals surface area contributed by atoms with Crippen LogP contribution in [0.25, 0.3) is 6.08 Å². The number of nitrogens with one attached hydrogen (secondary N) is 2. The van der Waals surface area contributed by atoms with Crippen molar-refractivity contribution in [2.75, 3.05) is 19.8 Å². The van der Waals surface area contributed by atoms with Crippen LogP contribution in [0.1, 0.15) is 22.9 Å². The molecule has 0 bridgehead atoms. The average molecular weight is 429 g/mol. The zero-order chi connectivity index (χ0) is 21.2. The molecule has 0 aliphatic rings. The molecule has 158 valence electrons. The Hall–Kier alpha value is -3.23. The third kappa shape index (κ3) is 6.68. The van der Waals surface area contributed by atoms with Gasteiger partial charge in [-0.3, -0.25) is 20.1 Å². The Labute approximate surface area is 178 Å². The zero-order valence-corrected chi connectivity index (χ0v) is 17.4. The van der Waals surface area contributed by atoms with Gasteiger partial charge in [-0.1, -0.05) is 35.6 Å². The van der Waals surface area contributed by atoms with E-state index in [1.165, 1.54) is 0 Å². The summed E-state index contributed by atoms with van der Waals surface area (Å²) < 4.78 is 11.0. The number of aromatic amines is 1. The molecule has 1 heterocycles. The third-order valence-corrected chi connectivity index (χ3v) is 4.93. The number of thiazole rings is 1. The lowest BCUT2D eigenvalue weighted by atomic mass is 10.1. The number of rotatable bonds is 11. The predicted octanol–water partition coefficient (Wildman–Crippen LogP) is 3.70. The van der Waals surface area contributed by atoms with Gasteiger partial charge in [-0.2, -0.15) is 0 Å². The number of hydrogen-bond acceptors (Lipinski definition) is 7. The number of hydroxylamine groups is 1. The Bertz CT molecular complexity index is 994. The summed E-state index contributed by atoms with van der Waals surface area (Å²) in [6.07, 6.45) is 4.10. The topological polar surface area (TPSA) is 92.8 Å². The molecule has 30 heavy (non-hydrogen) atoms. The summed E-state index contributed by atoms with van der Waals surface area (Å²) in [5.74, 6) is 1.51. The van der Waals surface area contributed by atoms with Crippen molar-refractivity contribution in [2.45, 2.75) is 13.3 Å². The van der Waals surface area contributed by atoms with E-state index in [2.05, 4.69) is 10.5 Å². The summed E-state index contributed by atoms with van der Waals surface area (Å²) in [6.45, 7) is 3.37. The fourth-order valence-electron chi connectivity index (χ4n) is 2.64. The first-order valence-electron chi connectivity index (χ1n) is 9.53. The molecule has 1 aromatic heterocycles. The van der Waals surface area contributed by atoms with Crippen LogP contribution in [-0.2, 0) is 11.3 Å². The monoisotopic (exact) mass is 428 g/mol. The van der Waals surface area contributed by atoms with Gasteiger partial charge in [0.2, 0.25) is 5.88 Å².